The van der Waals surface area contributed by atoms with Gasteiger partial charge in [0.2, 0.25) is 5.75 Å². The van der Waals surface area contributed by atoms with Crippen LogP contribution >= 0.6 is 0 Å². The van der Waals surface area contributed by atoms with Gasteiger partial charge in [0, 0.05) is 43.2 Å². The summed E-state index contributed by atoms with van der Waals surface area (Å²) < 4.78 is 29.5. The molecule has 0 unspecified atom stereocenters. The summed E-state index contributed by atoms with van der Waals surface area (Å²) in [6.07, 6.45) is 2.19. The van der Waals surface area contributed by atoms with Crippen molar-refractivity contribution in [3.8, 4) is 17.1 Å². The highest BCUT2D eigenvalue weighted by Gasteiger charge is 2.38. The van der Waals surface area contributed by atoms with Crippen LogP contribution in [0.1, 0.15) is 58.1 Å². The van der Waals surface area contributed by atoms with Crippen molar-refractivity contribution in [3.05, 3.63) is 84.3 Å². The Kier molecular flexibility index (Phi) is 8.63. The second-order valence-electron chi connectivity index (χ2n) is 13.1. The van der Waals surface area contributed by atoms with E-state index in [4.69, 9.17) is 9.47 Å². The van der Waals surface area contributed by atoms with E-state index in [1.165, 1.54) is 17.0 Å². The zero-order chi connectivity index (χ0) is 35.4. The first kappa shape index (κ1) is 33.6. The van der Waals surface area contributed by atoms with Crippen LogP contribution in [0.25, 0.3) is 22.3 Å². The van der Waals surface area contributed by atoms with Crippen LogP contribution in [0.4, 0.5) is 20.6 Å². The molecule has 15 heteroatoms. The number of rotatable bonds is 5. The Hall–Kier alpha value is -5.34. The third-order valence-corrected chi connectivity index (χ3v) is 8.83. The number of hydrogen-bond acceptors (Lipinski definition) is 10. The number of halogens is 1. The summed E-state index contributed by atoms with van der Waals surface area (Å²) in [5, 5.41) is 12.4. The standard InChI is InChI=1S/C34H38FN7O7/c1-7-23-29(24(8-2)37-18-36-23)41-27-21(16-19(3)40(31(27)43)28-22(35)10-9-11-25(28)42(46)47)26-30(32(41)44)48-15-12-20-17-38(13-14-39(20)26)33(45)49-34(4,5)6/h9-11,16,18,20H,7-8,12-15,17H2,1-6H3/t20-/m0/s1. The van der Waals surface area contributed by atoms with Gasteiger partial charge in [0.25, 0.3) is 16.8 Å². The van der Waals surface area contributed by atoms with Crippen molar-refractivity contribution in [2.75, 3.05) is 31.1 Å². The molecule has 5 heterocycles. The van der Waals surface area contributed by atoms with Crippen LogP contribution < -0.4 is 20.8 Å². The third-order valence-electron chi connectivity index (χ3n) is 8.83. The van der Waals surface area contributed by atoms with E-state index in [0.717, 1.165) is 16.7 Å². The molecule has 0 bridgehead atoms. The van der Waals surface area contributed by atoms with Crippen LogP contribution in [-0.2, 0) is 17.6 Å². The van der Waals surface area contributed by atoms with Gasteiger partial charge in [-0.05, 0) is 52.7 Å². The van der Waals surface area contributed by atoms with Gasteiger partial charge in [0.15, 0.2) is 11.5 Å². The first-order valence-electron chi connectivity index (χ1n) is 16.3. The molecule has 49 heavy (non-hydrogen) atoms. The quantitative estimate of drug-likeness (QED) is 0.216. The van der Waals surface area contributed by atoms with Gasteiger partial charge in [-0.2, -0.15) is 0 Å². The summed E-state index contributed by atoms with van der Waals surface area (Å²) in [6, 6.07) is 4.69. The molecular formula is C34H38FN7O7. The maximum absolute atomic E-state index is 15.5. The summed E-state index contributed by atoms with van der Waals surface area (Å²) in [7, 11) is 0. The number of para-hydroxylation sites is 1. The Labute approximate surface area is 280 Å². The second kappa shape index (κ2) is 12.6. The number of hydrogen-bond donors (Lipinski definition) is 0. The van der Waals surface area contributed by atoms with Gasteiger partial charge in [-0.25, -0.2) is 19.2 Å². The molecule has 1 atom stereocenters. The highest BCUT2D eigenvalue weighted by atomic mass is 19.1. The second-order valence-corrected chi connectivity index (χ2v) is 13.1. The highest BCUT2D eigenvalue weighted by molar-refractivity contribution is 5.97. The predicted molar refractivity (Wildman–Crippen MR) is 180 cm³/mol. The summed E-state index contributed by atoms with van der Waals surface area (Å²) in [4.78, 5) is 66.5. The van der Waals surface area contributed by atoms with Gasteiger partial charge in [-0.15, -0.1) is 0 Å². The third kappa shape index (κ3) is 5.76. The van der Waals surface area contributed by atoms with Crippen LogP contribution in [-0.4, -0.2) is 72.9 Å². The number of carbonyl (C=O) groups excluding carboxylic acids is 1. The average molecular weight is 676 g/mol. The Morgan fingerprint density at radius 3 is 2.39 bits per heavy atom. The summed E-state index contributed by atoms with van der Waals surface area (Å²) in [5.74, 6) is -0.960. The number of ether oxygens (including phenoxy) is 2. The van der Waals surface area contributed by atoms with Crippen LogP contribution in [0.5, 0.6) is 5.75 Å². The van der Waals surface area contributed by atoms with E-state index in [-0.39, 0.29) is 42.7 Å². The van der Waals surface area contributed by atoms with Crippen molar-refractivity contribution >= 4 is 28.4 Å². The molecule has 14 nitrogen and oxygen atoms in total. The van der Waals surface area contributed by atoms with Gasteiger partial charge in [-0.1, -0.05) is 19.9 Å². The van der Waals surface area contributed by atoms with Crippen molar-refractivity contribution in [1.82, 2.24) is 24.0 Å². The van der Waals surface area contributed by atoms with E-state index in [2.05, 4.69) is 9.97 Å². The molecule has 1 amide bonds. The number of nitrogens with zero attached hydrogens (tertiary/aromatic N) is 7. The lowest BCUT2D eigenvalue weighted by Crippen LogP contribution is -2.55. The van der Waals surface area contributed by atoms with Crippen molar-refractivity contribution in [2.24, 2.45) is 0 Å². The number of aromatic nitrogens is 4. The lowest BCUT2D eigenvalue weighted by Gasteiger charge is -2.42. The SMILES string of the molecule is CCc1ncnc(CC)c1-n1c(=O)c2c(c3cc(C)n(-c4c(F)cccc4[N+](=O)[O-])c(=O)c31)N1CCN(C(=O)OC(C)(C)C)C[C@@H]1CCO2. The Bertz CT molecular complexity index is 2100. The normalized spacial score (nSPS) is 16.1. The monoisotopic (exact) mass is 675 g/mol. The van der Waals surface area contributed by atoms with E-state index < -0.39 is 44.9 Å². The number of anilines is 1. The lowest BCUT2D eigenvalue weighted by atomic mass is 10.0. The summed E-state index contributed by atoms with van der Waals surface area (Å²) in [5.41, 5.74) is -1.60. The molecule has 2 aliphatic heterocycles. The predicted octanol–water partition coefficient (Wildman–Crippen LogP) is 4.62. The van der Waals surface area contributed by atoms with E-state index >= 15 is 4.39 Å². The van der Waals surface area contributed by atoms with Crippen molar-refractivity contribution in [3.63, 3.8) is 0 Å². The maximum atomic E-state index is 15.5. The molecule has 2 aliphatic rings. The molecule has 0 aliphatic carbocycles. The average Bonchev–Trinajstić information content (AvgIpc) is 3.24. The molecular weight excluding hydrogens is 637 g/mol. The Morgan fingerprint density at radius 1 is 1.06 bits per heavy atom. The molecule has 3 aromatic heterocycles. The fourth-order valence-corrected chi connectivity index (χ4v) is 6.74. The van der Waals surface area contributed by atoms with Crippen molar-refractivity contribution in [2.45, 2.75) is 72.4 Å². The smallest absolute Gasteiger partial charge is 0.410 e. The minimum atomic E-state index is -0.976. The summed E-state index contributed by atoms with van der Waals surface area (Å²) >= 11 is 0. The first-order valence-corrected chi connectivity index (χ1v) is 16.3. The van der Waals surface area contributed by atoms with Gasteiger partial charge in [0.05, 0.1) is 40.3 Å². The zero-order valence-corrected chi connectivity index (χ0v) is 28.3. The number of fused-ring (bicyclic) bond motifs is 5. The molecule has 0 spiro atoms. The molecule has 6 rings (SSSR count). The molecule has 1 saturated heterocycles. The number of nitro benzene ring substituents is 1. The number of benzene rings is 1. The number of piperazine rings is 1. The number of amides is 1. The summed E-state index contributed by atoms with van der Waals surface area (Å²) in [6.45, 7) is 11.7. The number of aryl methyl sites for hydroxylation is 3. The van der Waals surface area contributed by atoms with Gasteiger partial charge in [-0.3, -0.25) is 28.8 Å². The van der Waals surface area contributed by atoms with Crippen LogP contribution in [0, 0.1) is 22.9 Å². The van der Waals surface area contributed by atoms with Crippen LogP contribution in [0.2, 0.25) is 0 Å². The number of nitro groups is 1. The van der Waals surface area contributed by atoms with Crippen LogP contribution in [0.15, 0.2) is 40.2 Å². The maximum Gasteiger partial charge on any atom is 0.410 e. The largest absolute Gasteiger partial charge is 0.486 e. The molecule has 4 aromatic rings. The molecule has 0 radical (unpaired) electrons. The Morgan fingerprint density at radius 2 is 1.76 bits per heavy atom. The van der Waals surface area contributed by atoms with Gasteiger partial charge >= 0.3 is 6.09 Å². The number of pyridine rings is 2. The van der Waals surface area contributed by atoms with E-state index in [1.54, 1.807) is 38.7 Å². The lowest BCUT2D eigenvalue weighted by molar-refractivity contribution is -0.384. The molecule has 0 N–H and O–H groups in total. The number of carbonyl (C=O) groups is 1. The van der Waals surface area contributed by atoms with Crippen molar-refractivity contribution < 1.29 is 23.6 Å². The van der Waals surface area contributed by atoms with Crippen LogP contribution in [0.3, 0.4) is 0 Å². The minimum absolute atomic E-state index is 0.0158. The molecule has 1 aromatic carbocycles. The van der Waals surface area contributed by atoms with E-state index in [9.17, 15) is 24.5 Å². The fourth-order valence-electron chi connectivity index (χ4n) is 6.74. The van der Waals surface area contributed by atoms with E-state index in [0.29, 0.717) is 54.0 Å². The molecule has 1 fully saturated rings. The van der Waals surface area contributed by atoms with Gasteiger partial charge in [0.1, 0.15) is 17.4 Å². The minimum Gasteiger partial charge on any atom is -0.486 e. The fraction of sp³-hybridized carbons (Fsp3) is 0.441. The molecule has 0 saturated carbocycles. The van der Waals surface area contributed by atoms with E-state index in [1.807, 2.05) is 18.7 Å². The highest BCUT2D eigenvalue weighted by Crippen LogP contribution is 2.40. The topological polar surface area (TPSA) is 155 Å². The van der Waals surface area contributed by atoms with Crippen molar-refractivity contribution in [1.29, 1.82) is 0 Å². The van der Waals surface area contributed by atoms with Gasteiger partial charge < -0.3 is 19.3 Å². The first-order chi connectivity index (χ1) is 23.3. The Balaban J connectivity index is 1.69. The zero-order valence-electron chi connectivity index (χ0n) is 28.3. The molecule has 258 valence electrons.